The van der Waals surface area contributed by atoms with E-state index in [1.165, 1.54) is 11.8 Å². The Kier molecular flexibility index (Phi) is 8.81. The molecule has 2 N–H and O–H groups in total. The topological polar surface area (TPSA) is 88.9 Å². The van der Waals surface area contributed by atoms with Gasteiger partial charge in [-0.05, 0) is 64.3 Å². The zero-order chi connectivity index (χ0) is 24.1. The summed E-state index contributed by atoms with van der Waals surface area (Å²) in [6.07, 6.45) is 0. The van der Waals surface area contributed by atoms with Crippen molar-refractivity contribution in [2.45, 2.75) is 25.0 Å². The summed E-state index contributed by atoms with van der Waals surface area (Å²) in [4.78, 5) is 25.1. The van der Waals surface area contributed by atoms with Crippen molar-refractivity contribution in [3.8, 4) is 0 Å². The quantitative estimate of drug-likeness (QED) is 0.337. The molecule has 0 aliphatic carbocycles. The van der Waals surface area contributed by atoms with E-state index in [0.717, 1.165) is 4.47 Å². The smallest absolute Gasteiger partial charge is 0.251 e. The van der Waals surface area contributed by atoms with E-state index < -0.39 is 0 Å². The highest BCUT2D eigenvalue weighted by molar-refractivity contribution is 9.10. The summed E-state index contributed by atoms with van der Waals surface area (Å²) in [5, 5.41) is 16.0. The second-order valence-corrected chi connectivity index (χ2v) is 10.2. The van der Waals surface area contributed by atoms with E-state index in [2.05, 4.69) is 36.8 Å². The minimum Gasteiger partial charge on any atom is -0.342 e. The Morgan fingerprint density at radius 3 is 2.45 bits per heavy atom. The molecule has 1 aromatic heterocycles. The van der Waals surface area contributed by atoms with E-state index in [0.29, 0.717) is 32.3 Å². The zero-order valence-corrected chi connectivity index (χ0v) is 22.0. The molecule has 1 atom stereocenters. The van der Waals surface area contributed by atoms with E-state index in [9.17, 15) is 9.59 Å². The molecule has 0 bridgehead atoms. The van der Waals surface area contributed by atoms with Gasteiger partial charge in [-0.2, -0.15) is 0 Å². The Morgan fingerprint density at radius 2 is 1.82 bits per heavy atom. The summed E-state index contributed by atoms with van der Waals surface area (Å²) in [6.45, 7) is 3.98. The Labute approximate surface area is 214 Å². The molecule has 174 valence electrons. The first-order valence-electron chi connectivity index (χ1n) is 9.99. The van der Waals surface area contributed by atoms with Crippen LogP contribution in [0.4, 0.5) is 5.69 Å². The largest absolute Gasteiger partial charge is 0.342 e. The van der Waals surface area contributed by atoms with Gasteiger partial charge in [0.05, 0.1) is 16.8 Å². The number of nitrogens with one attached hydrogen (secondary N) is 2. The first-order chi connectivity index (χ1) is 15.7. The summed E-state index contributed by atoms with van der Waals surface area (Å²) >= 11 is 16.6. The number of nitrogens with zero attached hydrogens (tertiary/aromatic N) is 3. The molecule has 33 heavy (non-hydrogen) atoms. The molecule has 3 rings (SSSR count). The van der Waals surface area contributed by atoms with E-state index in [1.54, 1.807) is 47.0 Å². The molecule has 0 spiro atoms. The van der Waals surface area contributed by atoms with Crippen LogP contribution in [0.15, 0.2) is 52.1 Å². The highest BCUT2D eigenvalue weighted by Gasteiger charge is 2.25. The standard InChI is InChI=1S/C22H22BrCl2N5O2S/c1-12(2)19(27-21(32)13-4-6-14(24)7-5-13)20-28-29-22(30(20)3)33-11-18(31)26-15-8-9-16(23)17(25)10-15/h4-10,12,19H,11H2,1-3H3,(H,26,31)(H,27,32)/t19-/m1/s1. The number of carbonyl (C=O) groups excluding carboxylic acids is 2. The lowest BCUT2D eigenvalue weighted by Crippen LogP contribution is -2.33. The Hall–Kier alpha value is -2.07. The van der Waals surface area contributed by atoms with Crippen molar-refractivity contribution in [3.63, 3.8) is 0 Å². The van der Waals surface area contributed by atoms with Gasteiger partial charge in [0.15, 0.2) is 11.0 Å². The van der Waals surface area contributed by atoms with E-state index in [1.807, 2.05) is 20.9 Å². The summed E-state index contributed by atoms with van der Waals surface area (Å²) in [7, 11) is 1.81. The third-order valence-corrected chi connectivity index (χ3v) is 7.25. The number of amides is 2. The van der Waals surface area contributed by atoms with Crippen LogP contribution >= 0.6 is 50.9 Å². The predicted octanol–water partition coefficient (Wildman–Crippen LogP) is 5.74. The Balaban J connectivity index is 1.65. The number of aromatic nitrogens is 3. The summed E-state index contributed by atoms with van der Waals surface area (Å²) in [5.41, 5.74) is 1.11. The molecule has 0 aliphatic rings. The molecule has 2 aromatic carbocycles. The third-order valence-electron chi connectivity index (χ3n) is 4.74. The van der Waals surface area contributed by atoms with Gasteiger partial charge in [0.1, 0.15) is 0 Å². The molecule has 7 nitrogen and oxygen atoms in total. The maximum Gasteiger partial charge on any atom is 0.251 e. The van der Waals surface area contributed by atoms with Gasteiger partial charge in [-0.25, -0.2) is 0 Å². The number of carbonyl (C=O) groups is 2. The van der Waals surface area contributed by atoms with Crippen molar-refractivity contribution in [3.05, 3.63) is 68.4 Å². The number of halogens is 3. The minimum absolute atomic E-state index is 0.0625. The first kappa shape index (κ1) is 25.6. The fourth-order valence-corrected chi connectivity index (χ4v) is 4.25. The van der Waals surface area contributed by atoms with E-state index in [-0.39, 0.29) is 29.5 Å². The lowest BCUT2D eigenvalue weighted by atomic mass is 10.0. The van der Waals surface area contributed by atoms with E-state index in [4.69, 9.17) is 23.2 Å². The van der Waals surface area contributed by atoms with Gasteiger partial charge in [-0.15, -0.1) is 10.2 Å². The molecular formula is C22H22BrCl2N5O2S. The van der Waals surface area contributed by atoms with Crippen LogP contribution in [0.1, 0.15) is 36.1 Å². The number of thioether (sulfide) groups is 1. The van der Waals surface area contributed by atoms with Gasteiger partial charge in [0.2, 0.25) is 5.91 Å². The molecule has 0 aliphatic heterocycles. The average Bonchev–Trinajstić information content (AvgIpc) is 3.13. The predicted molar refractivity (Wildman–Crippen MR) is 136 cm³/mol. The fraction of sp³-hybridized carbons (Fsp3) is 0.273. The molecule has 11 heteroatoms. The third kappa shape index (κ3) is 6.72. The number of anilines is 1. The number of hydrogen-bond acceptors (Lipinski definition) is 5. The van der Waals surface area contributed by atoms with Crippen LogP contribution in [0.25, 0.3) is 0 Å². The number of rotatable bonds is 8. The van der Waals surface area contributed by atoms with Crippen LogP contribution in [0.2, 0.25) is 10.0 Å². The van der Waals surface area contributed by atoms with Crippen molar-refractivity contribution >= 4 is 68.4 Å². The molecule has 3 aromatic rings. The first-order valence-corrected chi connectivity index (χ1v) is 12.5. The second-order valence-electron chi connectivity index (χ2n) is 7.57. The van der Waals surface area contributed by atoms with Gasteiger partial charge in [0.25, 0.3) is 5.91 Å². The van der Waals surface area contributed by atoms with Crippen LogP contribution in [0.3, 0.4) is 0 Å². The SMILES string of the molecule is CC(C)[C@@H](NC(=O)c1ccc(Cl)cc1)c1nnc(SCC(=O)Nc2ccc(Br)c(Cl)c2)n1C. The van der Waals surface area contributed by atoms with Gasteiger partial charge in [-0.3, -0.25) is 9.59 Å². The van der Waals surface area contributed by atoms with Crippen molar-refractivity contribution in [1.82, 2.24) is 20.1 Å². The highest BCUT2D eigenvalue weighted by atomic mass is 79.9. The average molecular weight is 571 g/mol. The van der Waals surface area contributed by atoms with Crippen molar-refractivity contribution in [1.29, 1.82) is 0 Å². The highest BCUT2D eigenvalue weighted by Crippen LogP contribution is 2.27. The van der Waals surface area contributed by atoms with Crippen molar-refractivity contribution in [2.75, 3.05) is 11.1 Å². The van der Waals surface area contributed by atoms with Gasteiger partial charge < -0.3 is 15.2 Å². The molecule has 2 amide bonds. The maximum absolute atomic E-state index is 12.7. The van der Waals surface area contributed by atoms with E-state index >= 15 is 0 Å². The van der Waals surface area contributed by atoms with Crippen LogP contribution in [-0.4, -0.2) is 32.3 Å². The summed E-state index contributed by atoms with van der Waals surface area (Å²) < 4.78 is 2.55. The normalized spacial score (nSPS) is 12.0. The molecule has 0 fully saturated rings. The molecule has 0 radical (unpaired) electrons. The van der Waals surface area contributed by atoms with Crippen LogP contribution < -0.4 is 10.6 Å². The van der Waals surface area contributed by atoms with Gasteiger partial charge in [0, 0.05) is 27.8 Å². The Morgan fingerprint density at radius 1 is 1.12 bits per heavy atom. The van der Waals surface area contributed by atoms with Gasteiger partial charge >= 0.3 is 0 Å². The lowest BCUT2D eigenvalue weighted by Gasteiger charge is -2.21. The van der Waals surface area contributed by atoms with Crippen LogP contribution in [0.5, 0.6) is 0 Å². The summed E-state index contributed by atoms with van der Waals surface area (Å²) in [5.74, 6) is 0.389. The lowest BCUT2D eigenvalue weighted by molar-refractivity contribution is -0.113. The maximum atomic E-state index is 12.7. The fourth-order valence-electron chi connectivity index (χ4n) is 2.98. The number of hydrogen-bond donors (Lipinski definition) is 2. The molecule has 0 saturated carbocycles. The molecule has 0 saturated heterocycles. The summed E-state index contributed by atoms with van der Waals surface area (Å²) in [6, 6.07) is 11.5. The molecular weight excluding hydrogens is 549 g/mol. The van der Waals surface area contributed by atoms with Gasteiger partial charge in [-0.1, -0.05) is 48.8 Å². The number of benzene rings is 2. The molecule has 1 heterocycles. The minimum atomic E-state index is -0.362. The van der Waals surface area contributed by atoms with Crippen molar-refractivity contribution < 1.29 is 9.59 Å². The molecule has 0 unspecified atom stereocenters. The monoisotopic (exact) mass is 569 g/mol. The van der Waals surface area contributed by atoms with Crippen molar-refractivity contribution in [2.24, 2.45) is 13.0 Å². The zero-order valence-electron chi connectivity index (χ0n) is 18.1. The van der Waals surface area contributed by atoms with Crippen LogP contribution in [0, 0.1) is 5.92 Å². The van der Waals surface area contributed by atoms with Crippen LogP contribution in [-0.2, 0) is 11.8 Å². The Bertz CT molecular complexity index is 1150. The second kappa shape index (κ2) is 11.4.